The van der Waals surface area contributed by atoms with Crippen LogP contribution in [0.3, 0.4) is 0 Å². The largest absolute Gasteiger partial charge is 0.462 e. The maximum Gasteiger partial charge on any atom is 0.338 e. The number of carbonyl (C=O) groups excluding carboxylic acids is 3. The van der Waals surface area contributed by atoms with Gasteiger partial charge in [-0.2, -0.15) is 0 Å². The van der Waals surface area contributed by atoms with Crippen LogP contribution in [-0.2, 0) is 9.53 Å². The lowest BCUT2D eigenvalue weighted by atomic mass is 9.81. The van der Waals surface area contributed by atoms with E-state index in [1.165, 1.54) is 0 Å². The van der Waals surface area contributed by atoms with Gasteiger partial charge in [-0.1, -0.05) is 37.6 Å². The first kappa shape index (κ1) is 23.3. The highest BCUT2D eigenvalue weighted by Crippen LogP contribution is 2.30. The van der Waals surface area contributed by atoms with Gasteiger partial charge >= 0.3 is 12.0 Å². The Kier molecular flexibility index (Phi) is 8.25. The van der Waals surface area contributed by atoms with Crippen LogP contribution in [0.4, 0.5) is 16.2 Å². The molecule has 7 heteroatoms. The molecule has 1 saturated heterocycles. The van der Waals surface area contributed by atoms with Crippen molar-refractivity contribution in [2.24, 2.45) is 11.8 Å². The minimum atomic E-state index is -0.413. The summed E-state index contributed by atoms with van der Waals surface area (Å²) in [6, 6.07) is 16.0. The quantitative estimate of drug-likeness (QED) is 0.611. The molecule has 2 aromatic carbocycles. The van der Waals surface area contributed by atoms with Crippen LogP contribution in [0.2, 0.25) is 0 Å². The number of piperidine rings is 1. The molecular formula is C25H31N3O4. The molecule has 170 valence electrons. The number of nitrogens with zero attached hydrogens (tertiary/aromatic N) is 1. The monoisotopic (exact) mass is 437 g/mol. The summed E-state index contributed by atoms with van der Waals surface area (Å²) in [6.07, 6.45) is 2.12. The van der Waals surface area contributed by atoms with Crippen LogP contribution in [0.25, 0.3) is 0 Å². The van der Waals surface area contributed by atoms with E-state index in [2.05, 4.69) is 17.6 Å². The van der Waals surface area contributed by atoms with E-state index in [0.717, 1.165) is 18.5 Å². The van der Waals surface area contributed by atoms with E-state index in [0.29, 0.717) is 37.4 Å². The zero-order valence-corrected chi connectivity index (χ0v) is 18.7. The van der Waals surface area contributed by atoms with E-state index in [1.807, 2.05) is 30.3 Å². The SMILES string of the molecule is CCOC(=O)c1cccc(NC(=O)N2CC[C@@H](CC(=O)Nc3ccccc3)[C@H](CC)C2)c1. The van der Waals surface area contributed by atoms with E-state index in [-0.39, 0.29) is 23.8 Å². The number of urea groups is 1. The highest BCUT2D eigenvalue weighted by atomic mass is 16.5. The Morgan fingerprint density at radius 2 is 1.72 bits per heavy atom. The Hall–Kier alpha value is -3.35. The number of ether oxygens (including phenoxy) is 1. The van der Waals surface area contributed by atoms with E-state index < -0.39 is 5.97 Å². The number of likely N-dealkylation sites (tertiary alicyclic amines) is 1. The number of carbonyl (C=O) groups is 3. The third-order valence-corrected chi connectivity index (χ3v) is 5.83. The summed E-state index contributed by atoms with van der Waals surface area (Å²) >= 11 is 0. The van der Waals surface area contributed by atoms with Crippen molar-refractivity contribution in [1.29, 1.82) is 0 Å². The van der Waals surface area contributed by atoms with Crippen LogP contribution in [0.5, 0.6) is 0 Å². The summed E-state index contributed by atoms with van der Waals surface area (Å²) in [5, 5.41) is 5.84. The highest BCUT2D eigenvalue weighted by Gasteiger charge is 2.31. The van der Waals surface area contributed by atoms with Crippen molar-refractivity contribution < 1.29 is 19.1 Å². The minimum Gasteiger partial charge on any atom is -0.462 e. The molecule has 2 atom stereocenters. The summed E-state index contributed by atoms with van der Waals surface area (Å²) in [6.45, 7) is 5.33. The Labute approximate surface area is 189 Å². The van der Waals surface area contributed by atoms with E-state index in [1.54, 1.807) is 36.1 Å². The van der Waals surface area contributed by atoms with Crippen LogP contribution in [-0.4, -0.2) is 42.5 Å². The number of amides is 3. The molecule has 0 bridgehead atoms. The first-order valence-corrected chi connectivity index (χ1v) is 11.2. The summed E-state index contributed by atoms with van der Waals surface area (Å²) < 4.78 is 5.02. The number of hydrogen-bond acceptors (Lipinski definition) is 4. The molecule has 0 radical (unpaired) electrons. The topological polar surface area (TPSA) is 87.7 Å². The number of hydrogen-bond donors (Lipinski definition) is 2. The smallest absolute Gasteiger partial charge is 0.338 e. The van der Waals surface area contributed by atoms with Gasteiger partial charge in [0.2, 0.25) is 5.91 Å². The second-order valence-corrected chi connectivity index (χ2v) is 8.01. The van der Waals surface area contributed by atoms with E-state index >= 15 is 0 Å². The highest BCUT2D eigenvalue weighted by molar-refractivity contribution is 5.94. The van der Waals surface area contributed by atoms with Gasteiger partial charge in [0.25, 0.3) is 0 Å². The van der Waals surface area contributed by atoms with Crippen molar-refractivity contribution in [3.63, 3.8) is 0 Å². The maximum atomic E-state index is 12.8. The van der Waals surface area contributed by atoms with Gasteiger partial charge in [-0.25, -0.2) is 9.59 Å². The van der Waals surface area contributed by atoms with Gasteiger partial charge in [-0.15, -0.1) is 0 Å². The van der Waals surface area contributed by atoms with Crippen molar-refractivity contribution >= 4 is 29.3 Å². The molecule has 2 aromatic rings. The maximum absolute atomic E-state index is 12.8. The Morgan fingerprint density at radius 1 is 0.969 bits per heavy atom. The second kappa shape index (κ2) is 11.3. The third kappa shape index (κ3) is 6.33. The van der Waals surface area contributed by atoms with Gasteiger partial charge in [0.05, 0.1) is 12.2 Å². The Balaban J connectivity index is 1.55. The first-order valence-electron chi connectivity index (χ1n) is 11.2. The predicted molar refractivity (Wildman–Crippen MR) is 125 cm³/mol. The Morgan fingerprint density at radius 3 is 2.44 bits per heavy atom. The number of nitrogens with one attached hydrogen (secondary N) is 2. The minimum absolute atomic E-state index is 0.00771. The fourth-order valence-electron chi connectivity index (χ4n) is 4.11. The zero-order valence-electron chi connectivity index (χ0n) is 18.7. The normalized spacial score (nSPS) is 18.0. The van der Waals surface area contributed by atoms with Crippen LogP contribution >= 0.6 is 0 Å². The molecule has 7 nitrogen and oxygen atoms in total. The van der Waals surface area contributed by atoms with Crippen molar-refractivity contribution in [3.8, 4) is 0 Å². The molecule has 1 aliphatic heterocycles. The molecule has 3 amide bonds. The molecule has 0 saturated carbocycles. The molecule has 32 heavy (non-hydrogen) atoms. The molecule has 2 N–H and O–H groups in total. The summed E-state index contributed by atoms with van der Waals surface area (Å²) in [5.74, 6) is 0.0827. The van der Waals surface area contributed by atoms with Crippen LogP contribution < -0.4 is 10.6 Å². The van der Waals surface area contributed by atoms with Gasteiger partial charge < -0.3 is 20.3 Å². The average molecular weight is 438 g/mol. The van der Waals surface area contributed by atoms with Gasteiger partial charge in [-0.05, 0) is 55.5 Å². The molecule has 1 fully saturated rings. The van der Waals surface area contributed by atoms with Crippen molar-refractivity contribution in [2.45, 2.75) is 33.1 Å². The molecule has 1 heterocycles. The van der Waals surface area contributed by atoms with Gasteiger partial charge in [0.15, 0.2) is 0 Å². The van der Waals surface area contributed by atoms with Crippen molar-refractivity contribution in [3.05, 3.63) is 60.2 Å². The number of para-hydroxylation sites is 1. The molecule has 1 aliphatic rings. The lowest BCUT2D eigenvalue weighted by Crippen LogP contribution is -2.46. The zero-order chi connectivity index (χ0) is 22.9. The van der Waals surface area contributed by atoms with Crippen molar-refractivity contribution in [1.82, 2.24) is 4.90 Å². The molecular weight excluding hydrogens is 406 g/mol. The van der Waals surface area contributed by atoms with Crippen LogP contribution in [0.15, 0.2) is 54.6 Å². The number of esters is 1. The third-order valence-electron chi connectivity index (χ3n) is 5.83. The van der Waals surface area contributed by atoms with Gasteiger partial charge in [0.1, 0.15) is 0 Å². The lowest BCUT2D eigenvalue weighted by Gasteiger charge is -2.38. The summed E-state index contributed by atoms with van der Waals surface area (Å²) in [5.41, 5.74) is 1.75. The first-order chi connectivity index (χ1) is 15.5. The van der Waals surface area contributed by atoms with Gasteiger partial charge in [-0.3, -0.25) is 4.79 Å². The fraction of sp³-hybridized carbons (Fsp3) is 0.400. The lowest BCUT2D eigenvalue weighted by molar-refractivity contribution is -0.117. The Bertz CT molecular complexity index is 932. The van der Waals surface area contributed by atoms with E-state index in [9.17, 15) is 14.4 Å². The molecule has 0 unspecified atom stereocenters. The van der Waals surface area contributed by atoms with E-state index in [4.69, 9.17) is 4.74 Å². The summed E-state index contributed by atoms with van der Waals surface area (Å²) in [7, 11) is 0. The summed E-state index contributed by atoms with van der Waals surface area (Å²) in [4.78, 5) is 39.0. The number of benzene rings is 2. The number of anilines is 2. The fourth-order valence-corrected chi connectivity index (χ4v) is 4.11. The van der Waals surface area contributed by atoms with Crippen molar-refractivity contribution in [2.75, 3.05) is 30.3 Å². The molecule has 0 spiro atoms. The van der Waals surface area contributed by atoms with Crippen LogP contribution in [0, 0.1) is 11.8 Å². The molecule has 3 rings (SSSR count). The average Bonchev–Trinajstić information content (AvgIpc) is 2.80. The molecule has 0 aromatic heterocycles. The number of rotatable bonds is 7. The van der Waals surface area contributed by atoms with Crippen LogP contribution in [0.1, 0.15) is 43.5 Å². The second-order valence-electron chi connectivity index (χ2n) is 8.01. The molecule has 0 aliphatic carbocycles. The predicted octanol–water partition coefficient (Wildman–Crippen LogP) is 4.77. The van der Waals surface area contributed by atoms with Gasteiger partial charge in [0, 0.05) is 30.9 Å². The standard InChI is InChI=1S/C25H31N3O4/c1-3-18-17-28(14-13-19(18)16-23(29)26-21-10-6-5-7-11-21)25(31)27-22-12-8-9-20(15-22)24(30)32-4-2/h5-12,15,18-19H,3-4,13-14,16-17H2,1-2H3,(H,26,29)(H,27,31)/t18-,19+/m1/s1.